The smallest absolute Gasteiger partial charge is 0.145 e. The van der Waals surface area contributed by atoms with Gasteiger partial charge < -0.3 is 4.57 Å². The molecule has 0 aliphatic rings. The standard InChI is InChI=1S/C29H18BrN3/c30-19-12-15-27-25(17-19)23-14-13-21(18-28(23)32(27)20-7-2-1-3-8-20)33-26-11-5-4-9-22(26)24-10-6-16-31-29(24)33/h1-18H. The molecule has 0 N–H and O–H groups in total. The van der Waals surface area contributed by atoms with Crippen LogP contribution in [0.25, 0.3) is 55.1 Å². The van der Waals surface area contributed by atoms with E-state index in [1.807, 2.05) is 12.3 Å². The average molecular weight is 488 g/mol. The lowest BCUT2D eigenvalue weighted by Crippen LogP contribution is -1.97. The van der Waals surface area contributed by atoms with Gasteiger partial charge in [0.15, 0.2) is 0 Å². The van der Waals surface area contributed by atoms with Crippen molar-refractivity contribution < 1.29 is 0 Å². The van der Waals surface area contributed by atoms with Gasteiger partial charge in [0.1, 0.15) is 5.65 Å². The number of halogens is 1. The lowest BCUT2D eigenvalue weighted by molar-refractivity contribution is 1.13. The lowest BCUT2D eigenvalue weighted by atomic mass is 10.1. The van der Waals surface area contributed by atoms with Gasteiger partial charge in [0.2, 0.25) is 0 Å². The van der Waals surface area contributed by atoms with Crippen molar-refractivity contribution in [3.05, 3.63) is 114 Å². The minimum absolute atomic E-state index is 0.975. The van der Waals surface area contributed by atoms with Crippen LogP contribution in [0.15, 0.2) is 114 Å². The normalized spacial score (nSPS) is 11.8. The third-order valence-corrected chi connectivity index (χ3v) is 6.91. The second-order valence-electron chi connectivity index (χ2n) is 8.26. The zero-order valence-corrected chi connectivity index (χ0v) is 19.2. The maximum Gasteiger partial charge on any atom is 0.145 e. The summed E-state index contributed by atoms with van der Waals surface area (Å²) in [5.41, 5.74) is 6.76. The van der Waals surface area contributed by atoms with Crippen LogP contribution >= 0.6 is 15.9 Å². The molecule has 0 fully saturated rings. The number of hydrogen-bond donors (Lipinski definition) is 0. The maximum atomic E-state index is 4.76. The molecule has 0 atom stereocenters. The molecule has 4 aromatic carbocycles. The summed E-state index contributed by atoms with van der Waals surface area (Å²) >= 11 is 3.66. The molecule has 0 saturated carbocycles. The maximum absolute atomic E-state index is 4.76. The molecule has 0 radical (unpaired) electrons. The number of rotatable bonds is 2. The Bertz CT molecular complexity index is 1770. The van der Waals surface area contributed by atoms with Crippen molar-refractivity contribution in [3.63, 3.8) is 0 Å². The summed E-state index contributed by atoms with van der Waals surface area (Å²) in [7, 11) is 0. The molecule has 7 rings (SSSR count). The van der Waals surface area contributed by atoms with Crippen LogP contribution in [0.4, 0.5) is 0 Å². The second-order valence-corrected chi connectivity index (χ2v) is 9.18. The number of pyridine rings is 1. The van der Waals surface area contributed by atoms with Crippen LogP contribution in [0, 0.1) is 0 Å². The van der Waals surface area contributed by atoms with Crippen LogP contribution in [0.3, 0.4) is 0 Å². The molecular weight excluding hydrogens is 470 g/mol. The fraction of sp³-hybridized carbons (Fsp3) is 0. The van der Waals surface area contributed by atoms with Gasteiger partial charge >= 0.3 is 0 Å². The predicted octanol–water partition coefficient (Wildman–Crippen LogP) is 8.04. The van der Waals surface area contributed by atoms with Gasteiger partial charge in [-0.2, -0.15) is 0 Å². The summed E-state index contributed by atoms with van der Waals surface area (Å²) in [5.74, 6) is 0. The number of benzene rings is 4. The molecule has 0 saturated heterocycles. The predicted molar refractivity (Wildman–Crippen MR) is 141 cm³/mol. The Labute approximate surface area is 198 Å². The van der Waals surface area contributed by atoms with E-state index in [1.165, 1.54) is 32.6 Å². The van der Waals surface area contributed by atoms with E-state index in [1.54, 1.807) is 0 Å². The van der Waals surface area contributed by atoms with E-state index in [-0.39, 0.29) is 0 Å². The van der Waals surface area contributed by atoms with Gasteiger partial charge in [-0.1, -0.05) is 58.4 Å². The fourth-order valence-electron chi connectivity index (χ4n) is 5.03. The minimum atomic E-state index is 0.975. The summed E-state index contributed by atoms with van der Waals surface area (Å²) in [4.78, 5) is 4.76. The topological polar surface area (TPSA) is 22.8 Å². The van der Waals surface area contributed by atoms with Crippen molar-refractivity contribution in [2.24, 2.45) is 0 Å². The molecule has 0 unspecified atom stereocenters. The molecule has 33 heavy (non-hydrogen) atoms. The Morgan fingerprint density at radius 2 is 1.27 bits per heavy atom. The second kappa shape index (κ2) is 7.06. The van der Waals surface area contributed by atoms with Crippen molar-refractivity contribution >= 4 is 59.7 Å². The molecule has 4 heteroatoms. The molecular formula is C29H18BrN3. The Hall–Kier alpha value is -3.89. The Morgan fingerprint density at radius 1 is 0.515 bits per heavy atom. The molecule has 0 bridgehead atoms. The Balaban J connectivity index is 1.62. The quantitative estimate of drug-likeness (QED) is 0.242. The van der Waals surface area contributed by atoms with Gasteiger partial charge in [-0.25, -0.2) is 4.98 Å². The van der Waals surface area contributed by atoms with Crippen molar-refractivity contribution in [1.82, 2.24) is 14.1 Å². The van der Waals surface area contributed by atoms with Crippen molar-refractivity contribution in [3.8, 4) is 11.4 Å². The zero-order valence-electron chi connectivity index (χ0n) is 17.6. The van der Waals surface area contributed by atoms with Crippen LogP contribution < -0.4 is 0 Å². The minimum Gasteiger partial charge on any atom is -0.309 e. The third kappa shape index (κ3) is 2.71. The number of fused-ring (bicyclic) bond motifs is 6. The van der Waals surface area contributed by atoms with Crippen molar-refractivity contribution in [2.45, 2.75) is 0 Å². The first-order valence-corrected chi connectivity index (χ1v) is 11.7. The van der Waals surface area contributed by atoms with E-state index in [2.05, 4.69) is 122 Å². The first-order valence-electron chi connectivity index (χ1n) is 10.9. The van der Waals surface area contributed by atoms with Gasteiger partial charge in [0.25, 0.3) is 0 Å². The summed E-state index contributed by atoms with van der Waals surface area (Å²) in [6.45, 7) is 0. The van der Waals surface area contributed by atoms with Gasteiger partial charge in [-0.05, 0) is 60.7 Å². The van der Waals surface area contributed by atoms with E-state index >= 15 is 0 Å². The SMILES string of the molecule is Brc1ccc2c(c1)c1ccc(-n3c4ccccc4c4cccnc43)cc1n2-c1ccccc1. The number of para-hydroxylation sites is 2. The highest BCUT2D eigenvalue weighted by molar-refractivity contribution is 9.10. The summed E-state index contributed by atoms with van der Waals surface area (Å²) in [5, 5.41) is 4.84. The molecule has 0 aliphatic carbocycles. The van der Waals surface area contributed by atoms with Crippen LogP contribution in [-0.2, 0) is 0 Å². The number of aromatic nitrogens is 3. The van der Waals surface area contributed by atoms with Crippen LogP contribution in [-0.4, -0.2) is 14.1 Å². The summed E-state index contributed by atoms with van der Waals surface area (Å²) < 4.78 is 5.70. The largest absolute Gasteiger partial charge is 0.309 e. The first kappa shape index (κ1) is 18.7. The van der Waals surface area contributed by atoms with Crippen LogP contribution in [0.5, 0.6) is 0 Å². The highest BCUT2D eigenvalue weighted by Crippen LogP contribution is 2.37. The molecule has 0 spiro atoms. The van der Waals surface area contributed by atoms with E-state index in [9.17, 15) is 0 Å². The van der Waals surface area contributed by atoms with E-state index in [0.29, 0.717) is 0 Å². The molecule has 3 heterocycles. The number of hydrogen-bond acceptors (Lipinski definition) is 1. The highest BCUT2D eigenvalue weighted by atomic mass is 79.9. The van der Waals surface area contributed by atoms with Crippen LogP contribution in [0.1, 0.15) is 0 Å². The van der Waals surface area contributed by atoms with Gasteiger partial charge in [-0.15, -0.1) is 0 Å². The van der Waals surface area contributed by atoms with Crippen LogP contribution in [0.2, 0.25) is 0 Å². The van der Waals surface area contributed by atoms with Crippen molar-refractivity contribution in [2.75, 3.05) is 0 Å². The first-order chi connectivity index (χ1) is 16.3. The molecule has 156 valence electrons. The monoisotopic (exact) mass is 487 g/mol. The molecule has 3 nitrogen and oxygen atoms in total. The highest BCUT2D eigenvalue weighted by Gasteiger charge is 2.16. The van der Waals surface area contributed by atoms with Gasteiger partial charge in [0, 0.05) is 43.6 Å². The van der Waals surface area contributed by atoms with Gasteiger partial charge in [0.05, 0.1) is 16.6 Å². The molecule has 0 amide bonds. The average Bonchev–Trinajstić information content (AvgIpc) is 3.37. The third-order valence-electron chi connectivity index (χ3n) is 6.42. The summed E-state index contributed by atoms with van der Waals surface area (Å²) in [6, 6.07) is 36.5. The lowest BCUT2D eigenvalue weighted by Gasteiger charge is -2.10. The van der Waals surface area contributed by atoms with Gasteiger partial charge in [-0.3, -0.25) is 4.57 Å². The van der Waals surface area contributed by atoms with E-state index < -0.39 is 0 Å². The van der Waals surface area contributed by atoms with Crippen molar-refractivity contribution in [1.29, 1.82) is 0 Å². The summed E-state index contributed by atoms with van der Waals surface area (Å²) in [6.07, 6.45) is 1.87. The van der Waals surface area contributed by atoms with E-state index in [4.69, 9.17) is 4.98 Å². The molecule has 0 aliphatic heterocycles. The Kier molecular flexibility index (Phi) is 3.99. The fourth-order valence-corrected chi connectivity index (χ4v) is 5.39. The Morgan fingerprint density at radius 3 is 2.18 bits per heavy atom. The number of nitrogens with zero attached hydrogens (tertiary/aromatic N) is 3. The molecule has 3 aromatic heterocycles. The molecule has 7 aromatic rings. The zero-order chi connectivity index (χ0) is 21.9. The van der Waals surface area contributed by atoms with E-state index in [0.717, 1.165) is 27.0 Å².